The summed E-state index contributed by atoms with van der Waals surface area (Å²) in [4.78, 5) is 1.02. The molecule has 0 bridgehead atoms. The average molecular weight is 232 g/mol. The first-order chi connectivity index (χ1) is 7.83. The zero-order valence-corrected chi connectivity index (χ0v) is 9.98. The minimum Gasteiger partial charge on any atom is -0.396 e. The first kappa shape index (κ1) is 12.8. The summed E-state index contributed by atoms with van der Waals surface area (Å²) in [6, 6.07) is 19.7. The van der Waals surface area contributed by atoms with Crippen molar-refractivity contribution in [2.75, 3.05) is 6.61 Å². The minimum absolute atomic E-state index is 0.240. The smallest absolute Gasteiger partial charge is 0.0471 e. The Morgan fingerprint density at radius 3 is 1.69 bits per heavy atom. The van der Waals surface area contributed by atoms with Crippen molar-refractivity contribution in [1.82, 2.24) is 0 Å². The zero-order chi connectivity index (χ0) is 11.6. The zero-order valence-electron chi connectivity index (χ0n) is 9.08. The molecule has 0 aliphatic rings. The maximum atomic E-state index is 8.52. The van der Waals surface area contributed by atoms with E-state index in [1.807, 2.05) is 60.7 Å². The van der Waals surface area contributed by atoms with Crippen LogP contribution in [-0.4, -0.2) is 11.7 Å². The molecule has 0 saturated carbocycles. The van der Waals surface area contributed by atoms with Gasteiger partial charge in [-0.25, -0.2) is 0 Å². The summed E-state index contributed by atoms with van der Waals surface area (Å²) in [6.07, 6.45) is 0.765. The summed E-state index contributed by atoms with van der Waals surface area (Å²) in [6.45, 7) is 0.240. The van der Waals surface area contributed by atoms with Crippen molar-refractivity contribution in [3.63, 3.8) is 0 Å². The van der Waals surface area contributed by atoms with E-state index in [9.17, 15) is 0 Å². The molecule has 0 amide bonds. The third-order valence-corrected chi connectivity index (χ3v) is 2.30. The molecule has 84 valence electrons. The van der Waals surface area contributed by atoms with Crippen molar-refractivity contribution >= 4 is 12.6 Å². The van der Waals surface area contributed by atoms with E-state index in [2.05, 4.69) is 12.6 Å². The number of aliphatic hydroxyl groups is 1. The van der Waals surface area contributed by atoms with E-state index >= 15 is 0 Å². The van der Waals surface area contributed by atoms with Crippen LogP contribution >= 0.6 is 12.6 Å². The molecule has 2 aromatic rings. The standard InChI is InChI=1S/C8H10O.C6H6S/c9-7-6-8-4-2-1-3-5-8;7-6-4-2-1-3-5-6/h1-5,9H,6-7H2;1-5,7H. The highest BCUT2D eigenvalue weighted by Crippen LogP contribution is 2.00. The molecule has 0 aromatic heterocycles. The Labute approximate surface area is 102 Å². The molecule has 16 heavy (non-hydrogen) atoms. The largest absolute Gasteiger partial charge is 0.396 e. The van der Waals surface area contributed by atoms with Gasteiger partial charge in [0.1, 0.15) is 0 Å². The fourth-order valence-corrected chi connectivity index (χ4v) is 1.37. The van der Waals surface area contributed by atoms with Crippen LogP contribution in [0.1, 0.15) is 5.56 Å². The predicted molar refractivity (Wildman–Crippen MR) is 70.9 cm³/mol. The van der Waals surface area contributed by atoms with E-state index in [4.69, 9.17) is 5.11 Å². The van der Waals surface area contributed by atoms with Crippen molar-refractivity contribution < 1.29 is 5.11 Å². The third kappa shape index (κ3) is 5.59. The molecule has 2 rings (SSSR count). The quantitative estimate of drug-likeness (QED) is 0.762. The molecule has 0 heterocycles. The minimum atomic E-state index is 0.240. The lowest BCUT2D eigenvalue weighted by molar-refractivity contribution is 0.299. The van der Waals surface area contributed by atoms with Crippen LogP contribution in [0.25, 0.3) is 0 Å². The molecular formula is C14H16OS. The number of hydrogen-bond acceptors (Lipinski definition) is 2. The summed E-state index contributed by atoms with van der Waals surface area (Å²) < 4.78 is 0. The molecule has 0 saturated heterocycles. The van der Waals surface area contributed by atoms with Crippen LogP contribution in [0.2, 0.25) is 0 Å². The first-order valence-corrected chi connectivity index (χ1v) is 5.66. The molecule has 0 atom stereocenters. The van der Waals surface area contributed by atoms with Crippen LogP contribution in [0.15, 0.2) is 65.6 Å². The van der Waals surface area contributed by atoms with Gasteiger partial charge >= 0.3 is 0 Å². The predicted octanol–water partition coefficient (Wildman–Crippen LogP) is 3.20. The highest BCUT2D eigenvalue weighted by molar-refractivity contribution is 7.80. The van der Waals surface area contributed by atoms with Gasteiger partial charge in [0.05, 0.1) is 0 Å². The normalized spacial score (nSPS) is 9.12. The van der Waals surface area contributed by atoms with E-state index < -0.39 is 0 Å². The Kier molecular flexibility index (Phi) is 6.38. The fraction of sp³-hybridized carbons (Fsp3) is 0.143. The Bertz CT molecular complexity index is 372. The Morgan fingerprint density at radius 1 is 0.812 bits per heavy atom. The topological polar surface area (TPSA) is 20.2 Å². The lowest BCUT2D eigenvalue weighted by Crippen LogP contribution is -1.88. The van der Waals surface area contributed by atoms with Gasteiger partial charge in [0.2, 0.25) is 0 Å². The Balaban J connectivity index is 0.000000165. The maximum Gasteiger partial charge on any atom is 0.0471 e. The van der Waals surface area contributed by atoms with E-state index in [0.29, 0.717) is 0 Å². The molecule has 2 aromatic carbocycles. The Morgan fingerprint density at radius 2 is 1.31 bits per heavy atom. The van der Waals surface area contributed by atoms with Crippen molar-refractivity contribution in [3.8, 4) is 0 Å². The maximum absolute atomic E-state index is 8.52. The van der Waals surface area contributed by atoms with Gasteiger partial charge in [-0.15, -0.1) is 12.6 Å². The molecule has 0 aliphatic carbocycles. The van der Waals surface area contributed by atoms with Gasteiger partial charge in [-0.05, 0) is 24.1 Å². The number of hydrogen-bond donors (Lipinski definition) is 2. The molecule has 0 spiro atoms. The molecular weight excluding hydrogens is 216 g/mol. The number of aliphatic hydroxyl groups excluding tert-OH is 1. The van der Waals surface area contributed by atoms with Crippen molar-refractivity contribution in [2.24, 2.45) is 0 Å². The van der Waals surface area contributed by atoms with Gasteiger partial charge in [-0.3, -0.25) is 0 Å². The number of rotatable bonds is 2. The first-order valence-electron chi connectivity index (χ1n) is 5.21. The Hall–Kier alpha value is -1.25. The van der Waals surface area contributed by atoms with Gasteiger partial charge < -0.3 is 5.11 Å². The van der Waals surface area contributed by atoms with Gasteiger partial charge in [0, 0.05) is 11.5 Å². The van der Waals surface area contributed by atoms with E-state index in [-0.39, 0.29) is 6.61 Å². The number of benzene rings is 2. The fourth-order valence-electron chi connectivity index (χ4n) is 1.20. The second kappa shape index (κ2) is 7.97. The highest BCUT2D eigenvalue weighted by Gasteiger charge is 1.85. The number of thiol groups is 1. The van der Waals surface area contributed by atoms with Gasteiger partial charge in [-0.1, -0.05) is 48.5 Å². The van der Waals surface area contributed by atoms with E-state index in [0.717, 1.165) is 11.3 Å². The molecule has 1 N–H and O–H groups in total. The monoisotopic (exact) mass is 232 g/mol. The van der Waals surface area contributed by atoms with Crippen LogP contribution in [0.5, 0.6) is 0 Å². The highest BCUT2D eigenvalue weighted by atomic mass is 32.1. The molecule has 2 heteroatoms. The average Bonchev–Trinajstić information content (AvgIpc) is 2.33. The summed E-state index contributed by atoms with van der Waals surface area (Å²) in [5.74, 6) is 0. The van der Waals surface area contributed by atoms with Crippen molar-refractivity contribution in [2.45, 2.75) is 11.3 Å². The SMILES string of the molecule is OCCc1ccccc1.Sc1ccccc1. The molecule has 0 unspecified atom stereocenters. The molecule has 0 fully saturated rings. The van der Waals surface area contributed by atoms with Crippen molar-refractivity contribution in [1.29, 1.82) is 0 Å². The van der Waals surface area contributed by atoms with Gasteiger partial charge in [0.25, 0.3) is 0 Å². The lowest BCUT2D eigenvalue weighted by atomic mass is 10.2. The van der Waals surface area contributed by atoms with Crippen LogP contribution in [0, 0.1) is 0 Å². The summed E-state index contributed by atoms with van der Waals surface area (Å²) >= 11 is 4.08. The van der Waals surface area contributed by atoms with Crippen LogP contribution in [-0.2, 0) is 6.42 Å². The van der Waals surface area contributed by atoms with Crippen LogP contribution < -0.4 is 0 Å². The third-order valence-electron chi connectivity index (χ3n) is 2.00. The second-order valence-corrected chi connectivity index (χ2v) is 3.81. The van der Waals surface area contributed by atoms with Crippen LogP contribution in [0.3, 0.4) is 0 Å². The molecule has 1 nitrogen and oxygen atoms in total. The second-order valence-electron chi connectivity index (χ2n) is 3.29. The van der Waals surface area contributed by atoms with Crippen LogP contribution in [0.4, 0.5) is 0 Å². The lowest BCUT2D eigenvalue weighted by Gasteiger charge is -1.93. The summed E-state index contributed by atoms with van der Waals surface area (Å²) in [5.41, 5.74) is 1.19. The van der Waals surface area contributed by atoms with Crippen molar-refractivity contribution in [3.05, 3.63) is 66.2 Å². The van der Waals surface area contributed by atoms with E-state index in [1.165, 1.54) is 5.56 Å². The van der Waals surface area contributed by atoms with Gasteiger partial charge in [-0.2, -0.15) is 0 Å². The summed E-state index contributed by atoms with van der Waals surface area (Å²) in [5, 5.41) is 8.52. The van der Waals surface area contributed by atoms with Gasteiger partial charge in [0.15, 0.2) is 0 Å². The van der Waals surface area contributed by atoms with E-state index in [1.54, 1.807) is 0 Å². The summed E-state index contributed by atoms with van der Waals surface area (Å²) in [7, 11) is 0. The molecule has 0 radical (unpaired) electrons. The molecule has 0 aliphatic heterocycles.